The molecule has 1 unspecified atom stereocenters. The number of nitrogens with zero attached hydrogens (tertiary/aromatic N) is 4. The number of hydrogen-bond donors (Lipinski definition) is 4. The molecule has 0 saturated carbocycles. The summed E-state index contributed by atoms with van der Waals surface area (Å²) in [6.45, 7) is 12.2. The minimum absolute atomic E-state index is 0.00703. The standard InChI is InChI=1S/C23H35N7O3/c1-7-18(13-31)25-23-26-21(24-12-17-9-8-10-19(11-17)33-16(6)32)20-22(27-23)30(15(4)5)28-29(20)14(2)3/h8-11,14-15,18,28,31H,7,12-13H2,1-6H3,(H2,24,25,26,27). The van der Waals surface area contributed by atoms with Crippen LogP contribution in [0.1, 0.15) is 53.5 Å². The van der Waals surface area contributed by atoms with Crippen LogP contribution >= 0.6 is 0 Å². The van der Waals surface area contributed by atoms with Gasteiger partial charge in [-0.05, 0) is 51.8 Å². The smallest absolute Gasteiger partial charge is 0.308 e. The van der Waals surface area contributed by atoms with Crippen molar-refractivity contribution in [2.24, 2.45) is 0 Å². The fraction of sp³-hybridized carbons (Fsp3) is 0.522. The van der Waals surface area contributed by atoms with Crippen LogP contribution < -0.4 is 30.9 Å². The van der Waals surface area contributed by atoms with E-state index in [0.717, 1.165) is 23.5 Å². The number of carbonyl (C=O) groups is 1. The molecule has 0 fully saturated rings. The highest BCUT2D eigenvalue weighted by Crippen LogP contribution is 2.40. The number of benzene rings is 1. The minimum atomic E-state index is -0.355. The molecule has 1 aliphatic rings. The summed E-state index contributed by atoms with van der Waals surface area (Å²) in [4.78, 5) is 20.8. The van der Waals surface area contributed by atoms with Crippen LogP contribution in [0.4, 0.5) is 23.3 Å². The van der Waals surface area contributed by atoms with Gasteiger partial charge in [0.05, 0.1) is 12.6 Å². The summed E-state index contributed by atoms with van der Waals surface area (Å²) in [5.41, 5.74) is 5.23. The lowest BCUT2D eigenvalue weighted by atomic mass is 10.2. The quantitative estimate of drug-likeness (QED) is 0.313. The summed E-state index contributed by atoms with van der Waals surface area (Å²) >= 11 is 0. The van der Waals surface area contributed by atoms with Crippen LogP contribution in [0.3, 0.4) is 0 Å². The SMILES string of the molecule is CCC(CO)Nc1nc(NCc2cccc(OC(C)=O)c2)c2c(n1)N(C(C)C)NN2C(C)C. The molecule has 10 nitrogen and oxygen atoms in total. The van der Waals surface area contributed by atoms with E-state index < -0.39 is 0 Å². The molecule has 0 amide bonds. The summed E-state index contributed by atoms with van der Waals surface area (Å²) in [6, 6.07) is 7.55. The van der Waals surface area contributed by atoms with Gasteiger partial charge in [0.15, 0.2) is 11.6 Å². The molecule has 0 saturated heterocycles. The Kier molecular flexibility index (Phi) is 7.93. The molecule has 0 bridgehead atoms. The number of hydrogen-bond acceptors (Lipinski definition) is 10. The molecule has 33 heavy (non-hydrogen) atoms. The Morgan fingerprint density at radius 2 is 1.91 bits per heavy atom. The number of rotatable bonds is 10. The molecule has 0 radical (unpaired) electrons. The Morgan fingerprint density at radius 3 is 2.52 bits per heavy atom. The lowest BCUT2D eigenvalue weighted by Crippen LogP contribution is -2.50. The lowest BCUT2D eigenvalue weighted by Gasteiger charge is -2.27. The first-order valence-electron chi connectivity index (χ1n) is 11.4. The molecule has 2 aromatic rings. The topological polar surface area (TPSA) is 115 Å². The molecule has 1 aliphatic heterocycles. The van der Waals surface area contributed by atoms with Gasteiger partial charge < -0.3 is 20.5 Å². The Morgan fingerprint density at radius 1 is 1.18 bits per heavy atom. The van der Waals surface area contributed by atoms with E-state index in [4.69, 9.17) is 14.7 Å². The molecule has 180 valence electrons. The maximum atomic E-state index is 11.3. The van der Waals surface area contributed by atoms with Crippen molar-refractivity contribution in [2.45, 2.75) is 72.6 Å². The molecular weight excluding hydrogens is 422 g/mol. The molecule has 2 heterocycles. The molecular formula is C23H35N7O3. The number of aromatic nitrogens is 2. The van der Waals surface area contributed by atoms with Crippen LogP contribution in [0.5, 0.6) is 5.75 Å². The van der Waals surface area contributed by atoms with Crippen molar-refractivity contribution in [2.75, 3.05) is 27.3 Å². The number of aliphatic hydroxyl groups is 1. The predicted molar refractivity (Wildman–Crippen MR) is 130 cm³/mol. The van der Waals surface area contributed by atoms with Crippen molar-refractivity contribution < 1.29 is 14.6 Å². The summed E-state index contributed by atoms with van der Waals surface area (Å²) in [6.07, 6.45) is 0.743. The highest BCUT2D eigenvalue weighted by atomic mass is 16.5. The third-order valence-electron chi connectivity index (χ3n) is 5.25. The molecule has 10 heteroatoms. The van der Waals surface area contributed by atoms with Crippen LogP contribution in [0.15, 0.2) is 24.3 Å². The highest BCUT2D eigenvalue weighted by Gasteiger charge is 2.34. The second-order valence-electron chi connectivity index (χ2n) is 8.62. The second kappa shape index (κ2) is 10.7. The Hall–Kier alpha value is -3.11. The van der Waals surface area contributed by atoms with E-state index in [1.807, 2.05) is 35.1 Å². The number of esters is 1. The average Bonchev–Trinajstić information content (AvgIpc) is 3.16. The first-order chi connectivity index (χ1) is 15.7. The van der Waals surface area contributed by atoms with Crippen LogP contribution in [-0.4, -0.2) is 45.8 Å². The van der Waals surface area contributed by atoms with Gasteiger partial charge in [0.2, 0.25) is 5.95 Å². The van der Waals surface area contributed by atoms with Crippen molar-refractivity contribution in [3.8, 4) is 5.75 Å². The number of aliphatic hydroxyl groups excluding tert-OH is 1. The number of carbonyl (C=O) groups excluding carboxylic acids is 1. The Balaban J connectivity index is 1.97. The monoisotopic (exact) mass is 457 g/mol. The zero-order valence-corrected chi connectivity index (χ0v) is 20.2. The van der Waals surface area contributed by atoms with Gasteiger partial charge in [-0.15, -0.1) is 5.53 Å². The molecule has 1 aromatic heterocycles. The lowest BCUT2D eigenvalue weighted by molar-refractivity contribution is -0.131. The normalized spacial score (nSPS) is 14.0. The fourth-order valence-corrected chi connectivity index (χ4v) is 3.50. The molecule has 0 spiro atoms. The molecule has 0 aliphatic carbocycles. The molecule has 3 rings (SSSR count). The third kappa shape index (κ3) is 5.82. The van der Waals surface area contributed by atoms with Crippen molar-refractivity contribution in [3.05, 3.63) is 29.8 Å². The van der Waals surface area contributed by atoms with E-state index in [1.54, 1.807) is 6.07 Å². The van der Waals surface area contributed by atoms with E-state index in [9.17, 15) is 9.90 Å². The van der Waals surface area contributed by atoms with Crippen LogP contribution in [-0.2, 0) is 11.3 Å². The summed E-state index contributed by atoms with van der Waals surface area (Å²) in [5, 5.41) is 20.4. The zero-order chi connectivity index (χ0) is 24.1. The van der Waals surface area contributed by atoms with Crippen LogP contribution in [0.25, 0.3) is 0 Å². The van der Waals surface area contributed by atoms with Crippen molar-refractivity contribution in [3.63, 3.8) is 0 Å². The largest absolute Gasteiger partial charge is 0.427 e. The van der Waals surface area contributed by atoms with Crippen LogP contribution in [0, 0.1) is 0 Å². The number of fused-ring (bicyclic) bond motifs is 1. The Bertz CT molecular complexity index is 963. The van der Waals surface area contributed by atoms with Gasteiger partial charge in [-0.2, -0.15) is 9.97 Å². The van der Waals surface area contributed by atoms with Crippen molar-refractivity contribution >= 4 is 29.2 Å². The average molecular weight is 458 g/mol. The number of anilines is 4. The highest BCUT2D eigenvalue weighted by molar-refractivity contribution is 5.83. The van der Waals surface area contributed by atoms with Gasteiger partial charge in [-0.25, -0.2) is 0 Å². The van der Waals surface area contributed by atoms with Gasteiger partial charge in [0.25, 0.3) is 0 Å². The first kappa shape index (κ1) is 24.5. The van der Waals surface area contributed by atoms with Crippen molar-refractivity contribution in [1.82, 2.24) is 15.5 Å². The maximum absolute atomic E-state index is 11.3. The summed E-state index contributed by atoms with van der Waals surface area (Å²) < 4.78 is 5.21. The molecule has 4 N–H and O–H groups in total. The van der Waals surface area contributed by atoms with Gasteiger partial charge in [-0.3, -0.25) is 14.8 Å². The Labute approximate surface area is 195 Å². The fourth-order valence-electron chi connectivity index (χ4n) is 3.50. The van der Waals surface area contributed by atoms with E-state index in [-0.39, 0.29) is 30.7 Å². The van der Waals surface area contributed by atoms with Gasteiger partial charge in [-0.1, -0.05) is 19.1 Å². The number of ether oxygens (including phenoxy) is 1. The van der Waals surface area contributed by atoms with Crippen LogP contribution in [0.2, 0.25) is 0 Å². The third-order valence-corrected chi connectivity index (χ3v) is 5.25. The maximum Gasteiger partial charge on any atom is 0.308 e. The van der Waals surface area contributed by atoms with E-state index in [1.165, 1.54) is 6.92 Å². The minimum Gasteiger partial charge on any atom is -0.427 e. The number of hydrazine groups is 2. The number of nitrogens with one attached hydrogen (secondary N) is 3. The van der Waals surface area contributed by atoms with Gasteiger partial charge in [0.1, 0.15) is 11.4 Å². The second-order valence-corrected chi connectivity index (χ2v) is 8.62. The van der Waals surface area contributed by atoms with E-state index >= 15 is 0 Å². The summed E-state index contributed by atoms with van der Waals surface area (Å²) in [7, 11) is 0. The summed E-state index contributed by atoms with van der Waals surface area (Å²) in [5.74, 6) is 2.02. The zero-order valence-electron chi connectivity index (χ0n) is 20.2. The van der Waals surface area contributed by atoms with E-state index in [2.05, 4.69) is 43.9 Å². The first-order valence-corrected chi connectivity index (χ1v) is 11.4. The van der Waals surface area contributed by atoms with Gasteiger partial charge >= 0.3 is 5.97 Å². The van der Waals surface area contributed by atoms with E-state index in [0.29, 0.717) is 24.1 Å². The molecule has 1 aromatic carbocycles. The van der Waals surface area contributed by atoms with Gasteiger partial charge in [0, 0.05) is 25.6 Å². The van der Waals surface area contributed by atoms with Crippen molar-refractivity contribution in [1.29, 1.82) is 0 Å². The predicted octanol–water partition coefficient (Wildman–Crippen LogP) is 3.06. The molecule has 1 atom stereocenters.